The Morgan fingerprint density at radius 3 is 3.21 bits per heavy atom. The van der Waals surface area contributed by atoms with E-state index in [1.54, 1.807) is 7.11 Å². The first-order valence-corrected chi connectivity index (χ1v) is 8.83. The third-order valence-electron chi connectivity index (χ3n) is 5.07. The molecule has 0 saturated carbocycles. The maximum Gasteiger partial charge on any atom is 0.123 e. The van der Waals surface area contributed by atoms with Crippen molar-refractivity contribution in [2.75, 3.05) is 13.7 Å². The lowest BCUT2D eigenvalue weighted by Crippen LogP contribution is -2.26. The number of imidazole rings is 1. The molecule has 4 rings (SSSR count). The highest BCUT2D eigenvalue weighted by Crippen LogP contribution is 2.35. The lowest BCUT2D eigenvalue weighted by Gasteiger charge is -2.24. The lowest BCUT2D eigenvalue weighted by molar-refractivity contribution is 0.254. The van der Waals surface area contributed by atoms with Crippen LogP contribution in [-0.4, -0.2) is 29.3 Å². The van der Waals surface area contributed by atoms with Crippen LogP contribution in [0.2, 0.25) is 0 Å². The van der Waals surface area contributed by atoms with Gasteiger partial charge in [0.2, 0.25) is 0 Å². The number of ether oxygens (including phenoxy) is 2. The summed E-state index contributed by atoms with van der Waals surface area (Å²) in [5.74, 6) is 3.66. The van der Waals surface area contributed by atoms with Crippen LogP contribution in [0.25, 0.3) is 0 Å². The second-order valence-electron chi connectivity index (χ2n) is 6.85. The van der Waals surface area contributed by atoms with Crippen molar-refractivity contribution in [3.05, 3.63) is 41.5 Å². The van der Waals surface area contributed by atoms with E-state index in [4.69, 9.17) is 9.47 Å². The summed E-state index contributed by atoms with van der Waals surface area (Å²) in [6, 6.07) is 4.26. The fourth-order valence-corrected chi connectivity index (χ4v) is 3.89. The number of methoxy groups -OCH3 is 1. The highest BCUT2D eigenvalue weighted by Gasteiger charge is 2.23. The first-order valence-electron chi connectivity index (χ1n) is 8.83. The summed E-state index contributed by atoms with van der Waals surface area (Å²) >= 11 is 0. The van der Waals surface area contributed by atoms with E-state index >= 15 is 0 Å². The normalized spacial score (nSPS) is 21.9. The number of rotatable bonds is 5. The monoisotopic (exact) mass is 327 g/mol. The maximum atomic E-state index is 5.88. The SMILES string of the molecule is COc1cc2c(cc1CNC[C@@H]1CCCn3ccnc31)O[C@@H](C)C2. The lowest BCUT2D eigenvalue weighted by atomic mass is 9.98. The number of nitrogens with zero attached hydrogens (tertiary/aromatic N) is 2. The van der Waals surface area contributed by atoms with Crippen LogP contribution < -0.4 is 14.8 Å². The molecule has 0 amide bonds. The van der Waals surface area contributed by atoms with E-state index in [1.165, 1.54) is 24.2 Å². The van der Waals surface area contributed by atoms with E-state index in [0.29, 0.717) is 5.92 Å². The van der Waals surface area contributed by atoms with E-state index in [9.17, 15) is 0 Å². The molecule has 5 heteroatoms. The van der Waals surface area contributed by atoms with E-state index in [1.807, 2.05) is 6.20 Å². The molecule has 0 radical (unpaired) electrons. The van der Waals surface area contributed by atoms with Gasteiger partial charge in [0.25, 0.3) is 0 Å². The molecule has 0 spiro atoms. The van der Waals surface area contributed by atoms with Gasteiger partial charge in [0.15, 0.2) is 0 Å². The Balaban J connectivity index is 1.43. The molecule has 128 valence electrons. The molecule has 2 atom stereocenters. The standard InChI is InChI=1S/C19H25N3O2/c1-13-8-15-9-17(23-2)16(10-18(15)24-13)12-20-11-14-4-3-6-22-7-5-21-19(14)22/h5,7,9-10,13-14,20H,3-4,6,8,11-12H2,1-2H3/t13-,14-/m0/s1. The van der Waals surface area contributed by atoms with Gasteiger partial charge in [-0.25, -0.2) is 4.98 Å². The fraction of sp³-hybridized carbons (Fsp3) is 0.526. The first-order chi connectivity index (χ1) is 11.7. The first kappa shape index (κ1) is 15.5. The smallest absolute Gasteiger partial charge is 0.123 e. The molecular weight excluding hydrogens is 302 g/mol. The van der Waals surface area contributed by atoms with Crippen LogP contribution in [0.5, 0.6) is 11.5 Å². The molecule has 0 bridgehead atoms. The highest BCUT2D eigenvalue weighted by molar-refractivity contribution is 5.48. The highest BCUT2D eigenvalue weighted by atomic mass is 16.5. The third kappa shape index (κ3) is 2.88. The number of aryl methyl sites for hydroxylation is 1. The summed E-state index contributed by atoms with van der Waals surface area (Å²) in [5.41, 5.74) is 2.40. The topological polar surface area (TPSA) is 48.3 Å². The molecule has 0 unspecified atom stereocenters. The number of benzene rings is 1. The molecule has 24 heavy (non-hydrogen) atoms. The quantitative estimate of drug-likeness (QED) is 0.917. The van der Waals surface area contributed by atoms with Gasteiger partial charge < -0.3 is 19.4 Å². The van der Waals surface area contributed by atoms with Gasteiger partial charge in [0.1, 0.15) is 23.4 Å². The average Bonchev–Trinajstić information content (AvgIpc) is 3.19. The van der Waals surface area contributed by atoms with Gasteiger partial charge in [0.05, 0.1) is 7.11 Å². The minimum absolute atomic E-state index is 0.258. The van der Waals surface area contributed by atoms with Crippen molar-refractivity contribution < 1.29 is 9.47 Å². The summed E-state index contributed by atoms with van der Waals surface area (Å²) in [7, 11) is 1.74. The molecule has 1 N–H and O–H groups in total. The van der Waals surface area contributed by atoms with Gasteiger partial charge in [-0.2, -0.15) is 0 Å². The van der Waals surface area contributed by atoms with Gasteiger partial charge in [0, 0.05) is 55.5 Å². The van der Waals surface area contributed by atoms with Crippen LogP contribution in [-0.2, 0) is 19.5 Å². The average molecular weight is 327 g/mol. The Kier molecular flexibility index (Phi) is 4.19. The van der Waals surface area contributed by atoms with Gasteiger partial charge >= 0.3 is 0 Å². The summed E-state index contributed by atoms with van der Waals surface area (Å²) in [6.07, 6.45) is 7.65. The Hall–Kier alpha value is -2.01. The van der Waals surface area contributed by atoms with Crippen molar-refractivity contribution in [2.45, 2.75) is 51.3 Å². The van der Waals surface area contributed by atoms with E-state index in [2.05, 4.69) is 40.1 Å². The minimum Gasteiger partial charge on any atom is -0.496 e. The number of aromatic nitrogens is 2. The summed E-state index contributed by atoms with van der Waals surface area (Å²) < 4.78 is 13.7. The summed E-state index contributed by atoms with van der Waals surface area (Å²) in [4.78, 5) is 4.53. The molecule has 0 saturated heterocycles. The molecule has 3 heterocycles. The Bertz CT molecular complexity index is 725. The summed E-state index contributed by atoms with van der Waals surface area (Å²) in [6.45, 7) is 4.93. The van der Waals surface area contributed by atoms with Crippen LogP contribution in [0.15, 0.2) is 24.5 Å². The Morgan fingerprint density at radius 1 is 1.42 bits per heavy atom. The minimum atomic E-state index is 0.258. The van der Waals surface area contributed by atoms with E-state index in [-0.39, 0.29) is 6.10 Å². The molecular formula is C19H25N3O2. The largest absolute Gasteiger partial charge is 0.496 e. The van der Waals surface area contributed by atoms with Crippen molar-refractivity contribution in [1.29, 1.82) is 0 Å². The molecule has 0 aliphatic carbocycles. The van der Waals surface area contributed by atoms with Gasteiger partial charge in [-0.1, -0.05) is 0 Å². The van der Waals surface area contributed by atoms with Crippen molar-refractivity contribution in [3.63, 3.8) is 0 Å². The van der Waals surface area contributed by atoms with Crippen LogP contribution in [0.1, 0.15) is 42.6 Å². The number of hydrogen-bond acceptors (Lipinski definition) is 4. The molecule has 0 fully saturated rings. The molecule has 5 nitrogen and oxygen atoms in total. The van der Waals surface area contributed by atoms with Crippen molar-refractivity contribution in [1.82, 2.24) is 14.9 Å². The Morgan fingerprint density at radius 2 is 2.33 bits per heavy atom. The predicted molar refractivity (Wildman–Crippen MR) is 92.7 cm³/mol. The zero-order valence-corrected chi connectivity index (χ0v) is 14.4. The third-order valence-corrected chi connectivity index (χ3v) is 5.07. The molecule has 2 aliphatic rings. The van der Waals surface area contributed by atoms with Crippen molar-refractivity contribution in [3.8, 4) is 11.5 Å². The fourth-order valence-electron chi connectivity index (χ4n) is 3.89. The second-order valence-corrected chi connectivity index (χ2v) is 6.85. The molecule has 2 aliphatic heterocycles. The van der Waals surface area contributed by atoms with Crippen molar-refractivity contribution >= 4 is 0 Å². The predicted octanol–water partition coefficient (Wildman–Crippen LogP) is 2.88. The van der Waals surface area contributed by atoms with Gasteiger partial charge in [-0.3, -0.25) is 0 Å². The number of nitrogens with one attached hydrogen (secondary N) is 1. The zero-order valence-electron chi connectivity index (χ0n) is 14.4. The van der Waals surface area contributed by atoms with Crippen LogP contribution in [0.4, 0.5) is 0 Å². The molecule has 1 aromatic heterocycles. The van der Waals surface area contributed by atoms with Gasteiger partial charge in [-0.15, -0.1) is 0 Å². The van der Waals surface area contributed by atoms with Crippen LogP contribution in [0.3, 0.4) is 0 Å². The number of hydrogen-bond donors (Lipinski definition) is 1. The van der Waals surface area contributed by atoms with Crippen LogP contribution >= 0.6 is 0 Å². The van der Waals surface area contributed by atoms with Crippen LogP contribution in [0, 0.1) is 0 Å². The summed E-state index contributed by atoms with van der Waals surface area (Å²) in [5, 5.41) is 3.59. The number of fused-ring (bicyclic) bond motifs is 2. The Labute approximate surface area is 143 Å². The molecule has 1 aromatic carbocycles. The second kappa shape index (κ2) is 6.48. The zero-order chi connectivity index (χ0) is 16.5. The van der Waals surface area contributed by atoms with E-state index < -0.39 is 0 Å². The van der Waals surface area contributed by atoms with Crippen molar-refractivity contribution in [2.24, 2.45) is 0 Å². The van der Waals surface area contributed by atoms with E-state index in [0.717, 1.165) is 43.1 Å². The molecule has 2 aromatic rings. The maximum absolute atomic E-state index is 5.88. The van der Waals surface area contributed by atoms with Gasteiger partial charge in [-0.05, 0) is 31.9 Å².